The van der Waals surface area contributed by atoms with Crippen LogP contribution in [0.15, 0.2) is 36.8 Å². The van der Waals surface area contributed by atoms with Gasteiger partial charge in [0, 0.05) is 11.8 Å². The standard InChI is InChI=1S/C14H15FN2/c1-2-3-6-11-9-16-10-17-14(11)12-7-4-5-8-13(12)15/h4-5,7-10H,2-3,6H2,1H3. The Morgan fingerprint density at radius 1 is 1.24 bits per heavy atom. The van der Waals surface area contributed by atoms with Crippen LogP contribution < -0.4 is 0 Å². The van der Waals surface area contributed by atoms with Crippen molar-refractivity contribution in [2.45, 2.75) is 26.2 Å². The number of rotatable bonds is 4. The molecule has 1 aromatic carbocycles. The van der Waals surface area contributed by atoms with E-state index >= 15 is 0 Å². The summed E-state index contributed by atoms with van der Waals surface area (Å²) in [7, 11) is 0. The third kappa shape index (κ3) is 2.67. The van der Waals surface area contributed by atoms with Crippen LogP contribution >= 0.6 is 0 Å². The van der Waals surface area contributed by atoms with Crippen LogP contribution in [0, 0.1) is 5.82 Å². The summed E-state index contributed by atoms with van der Waals surface area (Å²) in [6.07, 6.45) is 6.31. The van der Waals surface area contributed by atoms with Gasteiger partial charge in [-0.15, -0.1) is 0 Å². The van der Waals surface area contributed by atoms with Crippen molar-refractivity contribution >= 4 is 0 Å². The number of unbranched alkanes of at least 4 members (excludes halogenated alkanes) is 1. The van der Waals surface area contributed by atoms with E-state index < -0.39 is 0 Å². The molecule has 0 spiro atoms. The van der Waals surface area contributed by atoms with Crippen LogP contribution in [-0.4, -0.2) is 9.97 Å². The zero-order valence-electron chi connectivity index (χ0n) is 9.86. The number of hydrogen-bond donors (Lipinski definition) is 0. The van der Waals surface area contributed by atoms with Crippen molar-refractivity contribution in [3.8, 4) is 11.3 Å². The van der Waals surface area contributed by atoms with Crippen LogP contribution in [0.2, 0.25) is 0 Å². The normalized spacial score (nSPS) is 10.5. The highest BCUT2D eigenvalue weighted by atomic mass is 19.1. The zero-order chi connectivity index (χ0) is 12.1. The molecule has 1 aromatic heterocycles. The highest BCUT2D eigenvalue weighted by molar-refractivity contribution is 5.63. The first-order chi connectivity index (χ1) is 8.33. The quantitative estimate of drug-likeness (QED) is 0.801. The summed E-state index contributed by atoms with van der Waals surface area (Å²) >= 11 is 0. The maximum atomic E-state index is 13.7. The van der Waals surface area contributed by atoms with Gasteiger partial charge in [-0.1, -0.05) is 25.5 Å². The Kier molecular flexibility index (Phi) is 3.81. The van der Waals surface area contributed by atoms with E-state index in [4.69, 9.17) is 0 Å². The highest BCUT2D eigenvalue weighted by Gasteiger charge is 2.10. The van der Waals surface area contributed by atoms with Crippen molar-refractivity contribution in [3.05, 3.63) is 48.2 Å². The van der Waals surface area contributed by atoms with Gasteiger partial charge in [0.05, 0.1) is 5.69 Å². The molecule has 3 heteroatoms. The van der Waals surface area contributed by atoms with Gasteiger partial charge in [0.25, 0.3) is 0 Å². The number of aromatic nitrogens is 2. The highest BCUT2D eigenvalue weighted by Crippen LogP contribution is 2.24. The van der Waals surface area contributed by atoms with Crippen molar-refractivity contribution in [2.24, 2.45) is 0 Å². The van der Waals surface area contributed by atoms with E-state index in [9.17, 15) is 4.39 Å². The lowest BCUT2D eigenvalue weighted by atomic mass is 10.0. The lowest BCUT2D eigenvalue weighted by molar-refractivity contribution is 0.630. The lowest BCUT2D eigenvalue weighted by Gasteiger charge is -2.08. The molecule has 17 heavy (non-hydrogen) atoms. The van der Waals surface area contributed by atoms with Crippen molar-refractivity contribution < 1.29 is 4.39 Å². The van der Waals surface area contributed by atoms with Crippen LogP contribution in [0.5, 0.6) is 0 Å². The number of aryl methyl sites for hydroxylation is 1. The van der Waals surface area contributed by atoms with E-state index in [2.05, 4.69) is 16.9 Å². The molecule has 0 aliphatic heterocycles. The molecule has 0 aliphatic carbocycles. The molecule has 1 heterocycles. The second-order valence-electron chi connectivity index (χ2n) is 3.98. The fourth-order valence-corrected chi connectivity index (χ4v) is 1.80. The molecule has 0 saturated carbocycles. The molecule has 2 nitrogen and oxygen atoms in total. The van der Waals surface area contributed by atoms with E-state index in [1.807, 2.05) is 6.07 Å². The predicted octanol–water partition coefficient (Wildman–Crippen LogP) is 3.63. The van der Waals surface area contributed by atoms with E-state index in [0.717, 1.165) is 24.8 Å². The van der Waals surface area contributed by atoms with Gasteiger partial charge in [-0.05, 0) is 30.5 Å². The minimum Gasteiger partial charge on any atom is -0.244 e. The molecule has 0 bridgehead atoms. The molecule has 0 unspecified atom stereocenters. The van der Waals surface area contributed by atoms with Gasteiger partial charge < -0.3 is 0 Å². The molecule has 0 radical (unpaired) electrons. The Morgan fingerprint density at radius 2 is 2.06 bits per heavy atom. The van der Waals surface area contributed by atoms with E-state index in [0.29, 0.717) is 11.3 Å². The van der Waals surface area contributed by atoms with E-state index in [1.54, 1.807) is 18.3 Å². The Bertz CT molecular complexity index is 497. The first-order valence-corrected chi connectivity index (χ1v) is 5.86. The third-order valence-electron chi connectivity index (χ3n) is 2.72. The topological polar surface area (TPSA) is 25.8 Å². The lowest BCUT2D eigenvalue weighted by Crippen LogP contribution is -1.96. The zero-order valence-corrected chi connectivity index (χ0v) is 9.86. The van der Waals surface area contributed by atoms with Crippen LogP contribution in [0.25, 0.3) is 11.3 Å². The van der Waals surface area contributed by atoms with Gasteiger partial charge in [0.1, 0.15) is 12.1 Å². The van der Waals surface area contributed by atoms with Crippen molar-refractivity contribution in [3.63, 3.8) is 0 Å². The van der Waals surface area contributed by atoms with Crippen molar-refractivity contribution in [1.82, 2.24) is 9.97 Å². The maximum absolute atomic E-state index is 13.7. The molecule has 0 fully saturated rings. The average Bonchev–Trinajstić information content (AvgIpc) is 2.37. The fraction of sp³-hybridized carbons (Fsp3) is 0.286. The largest absolute Gasteiger partial charge is 0.244 e. The van der Waals surface area contributed by atoms with Gasteiger partial charge in [0.15, 0.2) is 0 Å². The SMILES string of the molecule is CCCCc1cncnc1-c1ccccc1F. The second-order valence-corrected chi connectivity index (χ2v) is 3.98. The third-order valence-corrected chi connectivity index (χ3v) is 2.72. The minimum absolute atomic E-state index is 0.232. The maximum Gasteiger partial charge on any atom is 0.132 e. The number of hydrogen-bond acceptors (Lipinski definition) is 2. The molecule has 88 valence electrons. The average molecular weight is 230 g/mol. The molecule has 0 N–H and O–H groups in total. The van der Waals surface area contributed by atoms with Gasteiger partial charge in [-0.25, -0.2) is 14.4 Å². The summed E-state index contributed by atoms with van der Waals surface area (Å²) in [5, 5.41) is 0. The number of halogens is 1. The summed E-state index contributed by atoms with van der Waals surface area (Å²) in [5.74, 6) is -0.232. The Labute approximate surface area is 101 Å². The van der Waals surface area contributed by atoms with Crippen molar-refractivity contribution in [1.29, 1.82) is 0 Å². The Morgan fingerprint density at radius 3 is 2.82 bits per heavy atom. The van der Waals surface area contributed by atoms with Gasteiger partial charge >= 0.3 is 0 Å². The van der Waals surface area contributed by atoms with Crippen molar-refractivity contribution in [2.75, 3.05) is 0 Å². The monoisotopic (exact) mass is 230 g/mol. The fourth-order valence-electron chi connectivity index (χ4n) is 1.80. The smallest absolute Gasteiger partial charge is 0.132 e. The Hall–Kier alpha value is -1.77. The minimum atomic E-state index is -0.232. The summed E-state index contributed by atoms with van der Waals surface area (Å²) < 4.78 is 13.7. The summed E-state index contributed by atoms with van der Waals surface area (Å²) in [4.78, 5) is 8.23. The summed E-state index contributed by atoms with van der Waals surface area (Å²) in [6, 6.07) is 6.73. The van der Waals surface area contributed by atoms with Gasteiger partial charge in [-0.2, -0.15) is 0 Å². The summed E-state index contributed by atoms with van der Waals surface area (Å²) in [6.45, 7) is 2.13. The number of nitrogens with zero attached hydrogens (tertiary/aromatic N) is 2. The molecular weight excluding hydrogens is 215 g/mol. The summed E-state index contributed by atoms with van der Waals surface area (Å²) in [5.41, 5.74) is 2.28. The van der Waals surface area contributed by atoms with Gasteiger partial charge in [0.2, 0.25) is 0 Å². The predicted molar refractivity (Wildman–Crippen MR) is 66.0 cm³/mol. The molecular formula is C14H15FN2. The first kappa shape index (κ1) is 11.7. The van der Waals surface area contributed by atoms with Crippen LogP contribution in [0.4, 0.5) is 4.39 Å². The second kappa shape index (κ2) is 5.53. The van der Waals surface area contributed by atoms with Gasteiger partial charge in [-0.3, -0.25) is 0 Å². The molecule has 0 atom stereocenters. The van der Waals surface area contributed by atoms with E-state index in [-0.39, 0.29) is 5.82 Å². The molecule has 2 aromatic rings. The molecule has 2 rings (SSSR count). The van der Waals surface area contributed by atoms with Crippen LogP contribution in [0.1, 0.15) is 25.3 Å². The van der Waals surface area contributed by atoms with E-state index in [1.165, 1.54) is 12.4 Å². The molecule has 0 aliphatic rings. The number of benzene rings is 1. The Balaban J connectivity index is 2.41. The molecule has 0 saturated heterocycles. The van der Waals surface area contributed by atoms with Crippen LogP contribution in [0.3, 0.4) is 0 Å². The molecule has 0 amide bonds. The first-order valence-electron chi connectivity index (χ1n) is 5.86. The van der Waals surface area contributed by atoms with Crippen LogP contribution in [-0.2, 0) is 6.42 Å².